The minimum absolute atomic E-state index is 0.0569. The molecule has 132 valence electrons. The normalized spacial score (nSPS) is 35.0. The molecule has 1 saturated carbocycles. The lowest BCUT2D eigenvalue weighted by Crippen LogP contribution is -2.47. The van der Waals surface area contributed by atoms with Crippen LogP contribution in [-0.2, 0) is 14.3 Å². The van der Waals surface area contributed by atoms with Crippen LogP contribution in [-0.4, -0.2) is 53.9 Å². The van der Waals surface area contributed by atoms with E-state index in [1.807, 2.05) is 16.7 Å². The van der Waals surface area contributed by atoms with Crippen LogP contribution in [0.5, 0.6) is 0 Å². The third-order valence-corrected chi connectivity index (χ3v) is 6.25. The topological polar surface area (TPSA) is 42.1 Å². The summed E-state index contributed by atoms with van der Waals surface area (Å²) < 4.78 is 11.8. The van der Waals surface area contributed by atoms with Crippen molar-refractivity contribution in [2.24, 2.45) is 11.8 Å². The lowest BCUT2D eigenvalue weighted by atomic mass is 9.85. The summed E-state index contributed by atoms with van der Waals surface area (Å²) in [4.78, 5) is 15.1. The van der Waals surface area contributed by atoms with Gasteiger partial charge in [-0.25, -0.2) is 0 Å². The third kappa shape index (κ3) is 3.88. The van der Waals surface area contributed by atoms with Crippen LogP contribution in [0.1, 0.15) is 52.4 Å². The molecular formula is C18H31NO3S. The minimum atomic E-state index is -0.196. The van der Waals surface area contributed by atoms with Crippen LogP contribution in [0, 0.1) is 11.8 Å². The molecule has 0 unspecified atom stereocenters. The van der Waals surface area contributed by atoms with E-state index in [2.05, 4.69) is 20.1 Å². The summed E-state index contributed by atoms with van der Waals surface area (Å²) in [5.74, 6) is 2.23. The van der Waals surface area contributed by atoms with Crippen LogP contribution in [0.2, 0.25) is 0 Å². The Morgan fingerprint density at radius 1 is 1.26 bits per heavy atom. The Hall–Kier alpha value is -0.260. The van der Waals surface area contributed by atoms with Crippen molar-refractivity contribution in [3.05, 3.63) is 0 Å². The zero-order chi connectivity index (χ0) is 16.4. The first kappa shape index (κ1) is 17.6. The summed E-state index contributed by atoms with van der Waals surface area (Å²) in [6.07, 6.45) is 9.33. The highest BCUT2D eigenvalue weighted by Crippen LogP contribution is 2.40. The van der Waals surface area contributed by atoms with Crippen molar-refractivity contribution in [1.82, 2.24) is 4.90 Å². The largest absolute Gasteiger partial charge is 0.359 e. The van der Waals surface area contributed by atoms with Gasteiger partial charge in [0.1, 0.15) is 6.23 Å². The Labute approximate surface area is 144 Å². The first-order valence-electron chi connectivity index (χ1n) is 9.21. The highest BCUT2D eigenvalue weighted by Gasteiger charge is 2.54. The summed E-state index contributed by atoms with van der Waals surface area (Å²) in [7, 11) is 0. The second-order valence-corrected chi connectivity index (χ2v) is 8.53. The average molecular weight is 342 g/mol. The second-order valence-electron chi connectivity index (χ2n) is 7.55. The first-order chi connectivity index (χ1) is 11.1. The number of amides is 1. The van der Waals surface area contributed by atoms with E-state index in [-0.39, 0.29) is 30.4 Å². The Morgan fingerprint density at radius 2 is 2.00 bits per heavy atom. The van der Waals surface area contributed by atoms with E-state index in [1.54, 1.807) is 0 Å². The minimum Gasteiger partial charge on any atom is -0.359 e. The number of rotatable bonds is 6. The molecule has 3 aliphatic rings. The highest BCUT2D eigenvalue weighted by molar-refractivity contribution is 7.98. The predicted molar refractivity (Wildman–Crippen MR) is 93.4 cm³/mol. The maximum absolute atomic E-state index is 13.1. The standard InChI is InChI=1S/C18H31NO3S/c1-12(2)14-11-21-15(9-10-23-3)19(14)18(20)17-16(22-17)13-7-5-4-6-8-13/h12-17H,4-11H2,1-3H3/t14-,15-,16-,17+/m1/s1. The van der Waals surface area contributed by atoms with Crippen LogP contribution in [0.15, 0.2) is 0 Å². The molecule has 4 nitrogen and oxygen atoms in total. The molecule has 3 fully saturated rings. The third-order valence-electron chi connectivity index (χ3n) is 5.60. The fourth-order valence-electron chi connectivity index (χ4n) is 4.13. The Bertz CT molecular complexity index is 411. The fraction of sp³-hybridized carbons (Fsp3) is 0.944. The molecule has 0 radical (unpaired) electrons. The number of thioether (sulfide) groups is 1. The zero-order valence-electron chi connectivity index (χ0n) is 14.7. The fourth-order valence-corrected chi connectivity index (χ4v) is 4.57. The van der Waals surface area contributed by atoms with Gasteiger partial charge in [0.2, 0.25) is 0 Å². The Morgan fingerprint density at radius 3 is 2.65 bits per heavy atom. The molecule has 23 heavy (non-hydrogen) atoms. The van der Waals surface area contributed by atoms with Crippen molar-refractivity contribution >= 4 is 17.7 Å². The second kappa shape index (κ2) is 7.75. The molecule has 5 heteroatoms. The average Bonchev–Trinajstić information content (AvgIpc) is 3.25. The van der Waals surface area contributed by atoms with Gasteiger partial charge in [0.05, 0.1) is 18.8 Å². The zero-order valence-corrected chi connectivity index (χ0v) is 15.5. The molecule has 0 aromatic rings. The van der Waals surface area contributed by atoms with E-state index >= 15 is 0 Å². The Balaban J connectivity index is 1.63. The molecule has 2 heterocycles. The van der Waals surface area contributed by atoms with Gasteiger partial charge in [-0.05, 0) is 36.7 Å². The molecule has 2 saturated heterocycles. The monoisotopic (exact) mass is 341 g/mol. The van der Waals surface area contributed by atoms with Crippen molar-refractivity contribution in [2.45, 2.75) is 76.9 Å². The predicted octanol–water partition coefficient (Wildman–Crippen LogP) is 3.30. The Kier molecular flexibility index (Phi) is 5.92. The number of nitrogens with zero attached hydrogens (tertiary/aromatic N) is 1. The maximum Gasteiger partial charge on any atom is 0.256 e. The summed E-state index contributed by atoms with van der Waals surface area (Å²) >= 11 is 1.81. The van der Waals surface area contributed by atoms with Gasteiger partial charge in [0.25, 0.3) is 5.91 Å². The molecular weight excluding hydrogens is 310 g/mol. The lowest BCUT2D eigenvalue weighted by Gasteiger charge is -2.30. The molecule has 0 spiro atoms. The van der Waals surface area contributed by atoms with Crippen LogP contribution >= 0.6 is 11.8 Å². The molecule has 0 bridgehead atoms. The van der Waals surface area contributed by atoms with Crippen LogP contribution < -0.4 is 0 Å². The number of carbonyl (C=O) groups excluding carboxylic acids is 1. The van der Waals surface area contributed by atoms with Gasteiger partial charge in [0, 0.05) is 6.42 Å². The maximum atomic E-state index is 13.1. The van der Waals surface area contributed by atoms with E-state index in [0.29, 0.717) is 18.4 Å². The number of epoxide rings is 1. The quantitative estimate of drug-likeness (QED) is 0.695. The summed E-state index contributed by atoms with van der Waals surface area (Å²) in [5, 5.41) is 0. The van der Waals surface area contributed by atoms with Crippen LogP contribution in [0.25, 0.3) is 0 Å². The van der Waals surface area contributed by atoms with E-state index < -0.39 is 0 Å². The molecule has 0 aromatic heterocycles. The van der Waals surface area contributed by atoms with Gasteiger partial charge in [-0.15, -0.1) is 0 Å². The van der Waals surface area contributed by atoms with E-state index in [9.17, 15) is 4.79 Å². The molecule has 4 atom stereocenters. The van der Waals surface area contributed by atoms with Gasteiger partial charge in [0.15, 0.2) is 6.10 Å². The molecule has 0 aromatic carbocycles. The van der Waals surface area contributed by atoms with Crippen molar-refractivity contribution in [3.8, 4) is 0 Å². The van der Waals surface area contributed by atoms with Gasteiger partial charge in [-0.1, -0.05) is 33.1 Å². The summed E-state index contributed by atoms with van der Waals surface area (Å²) in [6.45, 7) is 5.03. The SMILES string of the molecule is CSCC[C@H]1OC[C@H](C(C)C)N1C(=O)[C@H]1O[C@@H]1C1CCCCC1. The highest BCUT2D eigenvalue weighted by atomic mass is 32.2. The lowest BCUT2D eigenvalue weighted by molar-refractivity contribution is -0.140. The van der Waals surface area contributed by atoms with Gasteiger partial charge in [-0.2, -0.15) is 11.8 Å². The van der Waals surface area contributed by atoms with Crippen LogP contribution in [0.3, 0.4) is 0 Å². The molecule has 0 N–H and O–H groups in total. The summed E-state index contributed by atoms with van der Waals surface area (Å²) in [5.41, 5.74) is 0. The van der Waals surface area contributed by atoms with E-state index in [1.165, 1.54) is 32.1 Å². The molecule has 3 rings (SSSR count). The molecule has 2 aliphatic heterocycles. The number of ether oxygens (including phenoxy) is 2. The summed E-state index contributed by atoms with van der Waals surface area (Å²) in [6, 6.07) is 0.200. The van der Waals surface area contributed by atoms with Crippen molar-refractivity contribution in [2.75, 3.05) is 18.6 Å². The number of hydrogen-bond acceptors (Lipinski definition) is 4. The van der Waals surface area contributed by atoms with Crippen molar-refractivity contribution in [3.63, 3.8) is 0 Å². The number of hydrogen-bond donors (Lipinski definition) is 0. The van der Waals surface area contributed by atoms with E-state index in [4.69, 9.17) is 9.47 Å². The molecule has 1 aliphatic carbocycles. The van der Waals surface area contributed by atoms with Crippen LogP contribution in [0.4, 0.5) is 0 Å². The number of carbonyl (C=O) groups is 1. The van der Waals surface area contributed by atoms with E-state index in [0.717, 1.165) is 12.2 Å². The van der Waals surface area contributed by atoms with Gasteiger partial charge in [-0.3, -0.25) is 4.79 Å². The first-order valence-corrected chi connectivity index (χ1v) is 10.6. The molecule has 1 amide bonds. The van der Waals surface area contributed by atoms with Crippen molar-refractivity contribution in [1.29, 1.82) is 0 Å². The smallest absolute Gasteiger partial charge is 0.256 e. The van der Waals surface area contributed by atoms with Crippen molar-refractivity contribution < 1.29 is 14.3 Å². The van der Waals surface area contributed by atoms with Gasteiger partial charge >= 0.3 is 0 Å². The van der Waals surface area contributed by atoms with Gasteiger partial charge < -0.3 is 14.4 Å².